The van der Waals surface area contributed by atoms with Crippen LogP contribution in [0.3, 0.4) is 0 Å². The molecule has 0 aliphatic carbocycles. The van der Waals surface area contributed by atoms with E-state index in [1.54, 1.807) is 6.08 Å². The third-order valence-electron chi connectivity index (χ3n) is 2.27. The Morgan fingerprint density at radius 3 is 2.88 bits per heavy atom. The van der Waals surface area contributed by atoms with E-state index < -0.39 is 0 Å². The van der Waals surface area contributed by atoms with Crippen LogP contribution in [0.1, 0.15) is 18.9 Å². The first kappa shape index (κ1) is 13.9. The van der Waals surface area contributed by atoms with E-state index in [9.17, 15) is 4.79 Å². The zero-order chi connectivity index (χ0) is 12.7. The van der Waals surface area contributed by atoms with Crippen LogP contribution < -0.4 is 5.32 Å². The van der Waals surface area contributed by atoms with Crippen LogP contribution in [0.25, 0.3) is 6.08 Å². The van der Waals surface area contributed by atoms with Gasteiger partial charge in [0.2, 0.25) is 5.91 Å². The standard InChI is InChI=1S/C13H16BrNO2/c1-10(8-9-16)15-13(17)7-6-11-4-2-3-5-12(11)14/h2-7,10,16H,8-9H2,1H3,(H,15,17)/b7-6+. The van der Waals surface area contributed by atoms with Crippen molar-refractivity contribution in [1.29, 1.82) is 0 Å². The second-order valence-corrected chi connectivity index (χ2v) is 4.63. The Morgan fingerprint density at radius 1 is 1.53 bits per heavy atom. The topological polar surface area (TPSA) is 49.3 Å². The number of aliphatic hydroxyl groups excluding tert-OH is 1. The number of hydrogen-bond acceptors (Lipinski definition) is 2. The Hall–Kier alpha value is -1.13. The summed E-state index contributed by atoms with van der Waals surface area (Å²) in [5.74, 6) is -0.151. The molecule has 92 valence electrons. The lowest BCUT2D eigenvalue weighted by atomic mass is 10.2. The molecule has 0 saturated heterocycles. The highest BCUT2D eigenvalue weighted by molar-refractivity contribution is 9.10. The van der Waals surface area contributed by atoms with E-state index in [0.717, 1.165) is 10.0 Å². The lowest BCUT2D eigenvalue weighted by molar-refractivity contribution is -0.117. The van der Waals surface area contributed by atoms with Crippen LogP contribution in [0, 0.1) is 0 Å². The Balaban J connectivity index is 2.54. The molecule has 0 aliphatic heterocycles. The number of aliphatic hydroxyl groups is 1. The molecule has 2 N–H and O–H groups in total. The second kappa shape index (κ2) is 7.25. The highest BCUT2D eigenvalue weighted by Gasteiger charge is 2.03. The van der Waals surface area contributed by atoms with Crippen molar-refractivity contribution in [1.82, 2.24) is 5.32 Å². The molecular formula is C13H16BrNO2. The first-order chi connectivity index (χ1) is 8.13. The summed E-state index contributed by atoms with van der Waals surface area (Å²) in [6.45, 7) is 1.94. The molecule has 0 aliphatic rings. The van der Waals surface area contributed by atoms with Gasteiger partial charge >= 0.3 is 0 Å². The minimum atomic E-state index is -0.151. The van der Waals surface area contributed by atoms with Crippen LogP contribution in [-0.4, -0.2) is 23.7 Å². The van der Waals surface area contributed by atoms with E-state index in [0.29, 0.717) is 6.42 Å². The molecule has 1 aromatic rings. The summed E-state index contributed by atoms with van der Waals surface area (Å²) in [4.78, 5) is 11.5. The van der Waals surface area contributed by atoms with Crippen molar-refractivity contribution in [3.63, 3.8) is 0 Å². The molecule has 0 saturated carbocycles. The number of carbonyl (C=O) groups is 1. The fraction of sp³-hybridized carbons (Fsp3) is 0.308. The Morgan fingerprint density at radius 2 is 2.24 bits per heavy atom. The summed E-state index contributed by atoms with van der Waals surface area (Å²) in [5.41, 5.74) is 0.956. The average Bonchev–Trinajstić information content (AvgIpc) is 2.28. The van der Waals surface area contributed by atoms with Gasteiger partial charge in [-0.2, -0.15) is 0 Å². The average molecular weight is 298 g/mol. The molecule has 1 unspecified atom stereocenters. The SMILES string of the molecule is CC(CCO)NC(=O)/C=C/c1ccccc1Br. The van der Waals surface area contributed by atoms with Gasteiger partial charge in [0.25, 0.3) is 0 Å². The van der Waals surface area contributed by atoms with Gasteiger partial charge in [-0.1, -0.05) is 34.1 Å². The van der Waals surface area contributed by atoms with E-state index in [-0.39, 0.29) is 18.6 Å². The van der Waals surface area contributed by atoms with Crippen LogP contribution in [0.5, 0.6) is 0 Å². The fourth-order valence-corrected chi connectivity index (χ4v) is 1.75. The maximum absolute atomic E-state index is 11.5. The molecule has 4 heteroatoms. The first-order valence-electron chi connectivity index (χ1n) is 5.47. The molecule has 1 aromatic carbocycles. The number of nitrogens with one attached hydrogen (secondary N) is 1. The van der Waals surface area contributed by atoms with Crippen LogP contribution in [0.4, 0.5) is 0 Å². The van der Waals surface area contributed by atoms with Crippen molar-refractivity contribution >= 4 is 27.9 Å². The third kappa shape index (κ3) is 5.15. The van der Waals surface area contributed by atoms with Crippen molar-refractivity contribution < 1.29 is 9.90 Å². The van der Waals surface area contributed by atoms with Crippen LogP contribution in [0.15, 0.2) is 34.8 Å². The number of hydrogen-bond donors (Lipinski definition) is 2. The monoisotopic (exact) mass is 297 g/mol. The van der Waals surface area contributed by atoms with Crippen LogP contribution in [-0.2, 0) is 4.79 Å². The van der Waals surface area contributed by atoms with Crippen LogP contribution in [0.2, 0.25) is 0 Å². The van der Waals surface area contributed by atoms with Gasteiger partial charge < -0.3 is 10.4 Å². The summed E-state index contributed by atoms with van der Waals surface area (Å²) in [6.07, 6.45) is 3.81. The highest BCUT2D eigenvalue weighted by Crippen LogP contribution is 2.16. The molecule has 3 nitrogen and oxygen atoms in total. The van der Waals surface area contributed by atoms with Gasteiger partial charge in [0.15, 0.2) is 0 Å². The van der Waals surface area contributed by atoms with E-state index >= 15 is 0 Å². The zero-order valence-corrected chi connectivity index (χ0v) is 11.3. The summed E-state index contributed by atoms with van der Waals surface area (Å²) in [6, 6.07) is 7.66. The maximum Gasteiger partial charge on any atom is 0.244 e. The van der Waals surface area contributed by atoms with E-state index in [1.165, 1.54) is 6.08 Å². The molecule has 1 rings (SSSR count). The predicted molar refractivity (Wildman–Crippen MR) is 72.5 cm³/mol. The lowest BCUT2D eigenvalue weighted by Crippen LogP contribution is -2.31. The van der Waals surface area contributed by atoms with E-state index in [2.05, 4.69) is 21.2 Å². The van der Waals surface area contributed by atoms with Crippen LogP contribution >= 0.6 is 15.9 Å². The molecule has 17 heavy (non-hydrogen) atoms. The van der Waals surface area contributed by atoms with Gasteiger partial charge in [0.05, 0.1) is 0 Å². The molecule has 0 bridgehead atoms. The molecular weight excluding hydrogens is 282 g/mol. The molecule has 0 heterocycles. The van der Waals surface area contributed by atoms with Crippen molar-refractivity contribution in [2.24, 2.45) is 0 Å². The third-order valence-corrected chi connectivity index (χ3v) is 2.99. The summed E-state index contributed by atoms with van der Waals surface area (Å²) in [5, 5.41) is 11.5. The number of rotatable bonds is 5. The number of halogens is 1. The van der Waals surface area contributed by atoms with E-state index in [4.69, 9.17) is 5.11 Å². The minimum absolute atomic E-state index is 0.0173. The Kier molecular flexibility index (Phi) is 5.94. The summed E-state index contributed by atoms with van der Waals surface area (Å²) >= 11 is 3.41. The highest BCUT2D eigenvalue weighted by atomic mass is 79.9. The molecule has 0 radical (unpaired) electrons. The number of carbonyl (C=O) groups excluding carboxylic acids is 1. The first-order valence-corrected chi connectivity index (χ1v) is 6.26. The maximum atomic E-state index is 11.5. The van der Waals surface area contributed by atoms with Gasteiger partial charge in [-0.05, 0) is 31.1 Å². The molecule has 0 spiro atoms. The smallest absolute Gasteiger partial charge is 0.244 e. The van der Waals surface area contributed by atoms with Crippen molar-refractivity contribution in [3.05, 3.63) is 40.4 Å². The van der Waals surface area contributed by atoms with Crippen molar-refractivity contribution in [2.45, 2.75) is 19.4 Å². The molecule has 1 amide bonds. The van der Waals surface area contributed by atoms with Gasteiger partial charge in [-0.3, -0.25) is 4.79 Å². The summed E-state index contributed by atoms with van der Waals surface area (Å²) in [7, 11) is 0. The van der Waals surface area contributed by atoms with Gasteiger partial charge in [-0.15, -0.1) is 0 Å². The van der Waals surface area contributed by atoms with Gasteiger partial charge in [0, 0.05) is 23.2 Å². The van der Waals surface area contributed by atoms with Gasteiger partial charge in [0.1, 0.15) is 0 Å². The fourth-order valence-electron chi connectivity index (χ4n) is 1.33. The lowest BCUT2D eigenvalue weighted by Gasteiger charge is -2.09. The van der Waals surface area contributed by atoms with Gasteiger partial charge in [-0.25, -0.2) is 0 Å². The van der Waals surface area contributed by atoms with Crippen molar-refractivity contribution in [2.75, 3.05) is 6.61 Å². The Bertz CT molecular complexity index is 404. The molecule has 1 atom stereocenters. The summed E-state index contributed by atoms with van der Waals surface area (Å²) < 4.78 is 0.951. The molecule has 0 aromatic heterocycles. The van der Waals surface area contributed by atoms with Crippen molar-refractivity contribution in [3.8, 4) is 0 Å². The largest absolute Gasteiger partial charge is 0.396 e. The zero-order valence-electron chi connectivity index (χ0n) is 9.69. The Labute approximate surface area is 110 Å². The normalized spacial score (nSPS) is 12.6. The number of amides is 1. The minimum Gasteiger partial charge on any atom is -0.396 e. The predicted octanol–water partition coefficient (Wildman–Crippen LogP) is 2.35. The quantitative estimate of drug-likeness (QED) is 0.820. The molecule has 0 fully saturated rings. The van der Waals surface area contributed by atoms with E-state index in [1.807, 2.05) is 31.2 Å². The second-order valence-electron chi connectivity index (χ2n) is 3.78. The number of benzene rings is 1.